The Balaban J connectivity index is 1.28. The van der Waals surface area contributed by atoms with Gasteiger partial charge in [0.25, 0.3) is 0 Å². The quantitative estimate of drug-likeness (QED) is 0.772. The van der Waals surface area contributed by atoms with Crippen LogP contribution in [0.2, 0.25) is 0 Å². The van der Waals surface area contributed by atoms with E-state index in [0.29, 0.717) is 17.7 Å². The molecule has 0 aliphatic carbocycles. The van der Waals surface area contributed by atoms with Crippen LogP contribution in [-0.2, 0) is 17.9 Å². The molecular formula is C22H31N5O. The number of rotatable bonds is 6. The number of nitrogens with zero attached hydrogens (tertiary/aromatic N) is 5. The summed E-state index contributed by atoms with van der Waals surface area (Å²) < 4.78 is 1.79. The van der Waals surface area contributed by atoms with Crippen molar-refractivity contribution in [2.24, 2.45) is 5.41 Å². The van der Waals surface area contributed by atoms with Gasteiger partial charge in [-0.3, -0.25) is 14.4 Å². The average Bonchev–Trinajstić information content (AvgIpc) is 3.32. The molecule has 2 aliphatic heterocycles. The fourth-order valence-corrected chi connectivity index (χ4v) is 4.89. The lowest BCUT2D eigenvalue weighted by atomic mass is 9.79. The molecule has 0 unspecified atom stereocenters. The van der Waals surface area contributed by atoms with E-state index >= 15 is 0 Å². The normalized spacial score (nSPS) is 22.8. The second kappa shape index (κ2) is 8.43. The molecular weight excluding hydrogens is 350 g/mol. The highest BCUT2D eigenvalue weighted by molar-refractivity contribution is 5.76. The Hall–Kier alpha value is -2.21. The number of likely N-dealkylation sites (tertiary alicyclic amines) is 2. The average molecular weight is 382 g/mol. The number of carbonyl (C=O) groups is 1. The van der Waals surface area contributed by atoms with E-state index in [4.69, 9.17) is 0 Å². The molecule has 2 aliphatic rings. The number of hydrogen-bond acceptors (Lipinski definition) is 4. The molecule has 2 saturated heterocycles. The van der Waals surface area contributed by atoms with Crippen LogP contribution in [0.5, 0.6) is 0 Å². The Kier molecular flexibility index (Phi) is 5.76. The fourth-order valence-electron chi connectivity index (χ4n) is 4.89. The van der Waals surface area contributed by atoms with Gasteiger partial charge < -0.3 is 4.90 Å². The van der Waals surface area contributed by atoms with E-state index < -0.39 is 0 Å². The maximum atomic E-state index is 12.7. The van der Waals surface area contributed by atoms with E-state index in [-0.39, 0.29) is 0 Å². The third-order valence-corrected chi connectivity index (χ3v) is 6.26. The molecule has 3 heterocycles. The van der Waals surface area contributed by atoms with Crippen LogP contribution in [-0.4, -0.2) is 56.7 Å². The summed E-state index contributed by atoms with van der Waals surface area (Å²) in [4.78, 5) is 21.3. The SMILES string of the molecule is Cc1cccc(CN2CCC[C@@]3(CCN(C(=O)CCCn4cncn4)C3)C2)c1. The first-order valence-corrected chi connectivity index (χ1v) is 10.5. The lowest BCUT2D eigenvalue weighted by Gasteiger charge is -2.40. The summed E-state index contributed by atoms with van der Waals surface area (Å²) in [5.41, 5.74) is 3.02. The smallest absolute Gasteiger partial charge is 0.222 e. The molecule has 1 aromatic carbocycles. The maximum Gasteiger partial charge on any atom is 0.222 e. The zero-order valence-electron chi connectivity index (χ0n) is 16.9. The molecule has 1 spiro atoms. The van der Waals surface area contributed by atoms with E-state index in [1.165, 1.54) is 36.8 Å². The van der Waals surface area contributed by atoms with Crippen molar-refractivity contribution in [1.82, 2.24) is 24.6 Å². The Labute approximate surface area is 167 Å². The molecule has 0 bridgehead atoms. The topological polar surface area (TPSA) is 54.3 Å². The highest BCUT2D eigenvalue weighted by atomic mass is 16.2. The molecule has 150 valence electrons. The molecule has 1 aromatic heterocycles. The zero-order valence-corrected chi connectivity index (χ0v) is 16.9. The van der Waals surface area contributed by atoms with Crippen molar-refractivity contribution < 1.29 is 4.79 Å². The van der Waals surface area contributed by atoms with Crippen molar-refractivity contribution in [1.29, 1.82) is 0 Å². The van der Waals surface area contributed by atoms with Gasteiger partial charge in [0.1, 0.15) is 12.7 Å². The Morgan fingerprint density at radius 2 is 2.14 bits per heavy atom. The van der Waals surface area contributed by atoms with Crippen molar-refractivity contribution >= 4 is 5.91 Å². The molecule has 0 saturated carbocycles. The van der Waals surface area contributed by atoms with Crippen LogP contribution < -0.4 is 0 Å². The third-order valence-electron chi connectivity index (χ3n) is 6.26. The highest BCUT2D eigenvalue weighted by Gasteiger charge is 2.42. The van der Waals surface area contributed by atoms with E-state index in [0.717, 1.165) is 45.6 Å². The molecule has 1 atom stereocenters. The first-order valence-electron chi connectivity index (χ1n) is 10.5. The van der Waals surface area contributed by atoms with Crippen LogP contribution in [0.15, 0.2) is 36.9 Å². The zero-order chi connectivity index (χ0) is 19.4. The highest BCUT2D eigenvalue weighted by Crippen LogP contribution is 2.39. The van der Waals surface area contributed by atoms with Crippen molar-refractivity contribution in [2.45, 2.75) is 52.1 Å². The summed E-state index contributed by atoms with van der Waals surface area (Å²) in [5.74, 6) is 0.299. The number of piperidine rings is 1. The van der Waals surface area contributed by atoms with Gasteiger partial charge >= 0.3 is 0 Å². The minimum atomic E-state index is 0.295. The number of carbonyl (C=O) groups excluding carboxylic acids is 1. The monoisotopic (exact) mass is 381 g/mol. The molecule has 0 N–H and O–H groups in total. The number of amides is 1. The molecule has 6 nitrogen and oxygen atoms in total. The van der Waals surface area contributed by atoms with Gasteiger partial charge in [-0.25, -0.2) is 4.98 Å². The number of benzene rings is 1. The second-order valence-electron chi connectivity index (χ2n) is 8.63. The van der Waals surface area contributed by atoms with Crippen LogP contribution in [0.3, 0.4) is 0 Å². The molecule has 6 heteroatoms. The van der Waals surface area contributed by atoms with E-state index in [1.807, 2.05) is 0 Å². The van der Waals surface area contributed by atoms with Crippen molar-refractivity contribution in [3.63, 3.8) is 0 Å². The molecule has 0 radical (unpaired) electrons. The molecule has 2 fully saturated rings. The summed E-state index contributed by atoms with van der Waals surface area (Å²) in [6, 6.07) is 8.83. The first-order chi connectivity index (χ1) is 13.6. The summed E-state index contributed by atoms with van der Waals surface area (Å²) in [7, 11) is 0. The first kappa shape index (κ1) is 19.1. The Morgan fingerprint density at radius 1 is 1.21 bits per heavy atom. The van der Waals surface area contributed by atoms with Gasteiger partial charge in [0.05, 0.1) is 0 Å². The van der Waals surface area contributed by atoms with Crippen LogP contribution >= 0.6 is 0 Å². The predicted octanol–water partition coefficient (Wildman–Crippen LogP) is 2.88. The standard InChI is InChI=1S/C22H31N5O/c1-19-5-2-6-20(13-19)14-25-10-4-8-22(15-25)9-12-26(16-22)21(28)7-3-11-27-18-23-17-24-27/h2,5-6,13,17-18H,3-4,7-12,14-16H2,1H3/t22-/m1/s1. The van der Waals surface area contributed by atoms with Crippen molar-refractivity contribution in [2.75, 3.05) is 26.2 Å². The van der Waals surface area contributed by atoms with Gasteiger partial charge in [-0.05, 0) is 44.7 Å². The predicted molar refractivity (Wildman–Crippen MR) is 109 cm³/mol. The Bertz CT molecular complexity index is 790. The van der Waals surface area contributed by atoms with Crippen molar-refractivity contribution in [3.05, 3.63) is 48.0 Å². The van der Waals surface area contributed by atoms with Gasteiger partial charge in [-0.1, -0.05) is 29.8 Å². The van der Waals surface area contributed by atoms with Gasteiger partial charge in [0.2, 0.25) is 5.91 Å². The van der Waals surface area contributed by atoms with E-state index in [2.05, 4.69) is 51.1 Å². The lowest BCUT2D eigenvalue weighted by Crippen LogP contribution is -2.45. The minimum Gasteiger partial charge on any atom is -0.342 e. The van der Waals surface area contributed by atoms with Gasteiger partial charge in [0.15, 0.2) is 0 Å². The molecule has 4 rings (SSSR count). The van der Waals surface area contributed by atoms with Gasteiger partial charge in [-0.15, -0.1) is 0 Å². The van der Waals surface area contributed by atoms with Crippen LogP contribution in [0.1, 0.15) is 43.2 Å². The molecule has 2 aromatic rings. The van der Waals surface area contributed by atoms with E-state index in [9.17, 15) is 4.79 Å². The Morgan fingerprint density at radius 3 is 2.96 bits per heavy atom. The summed E-state index contributed by atoms with van der Waals surface area (Å²) in [6.07, 6.45) is 8.30. The number of aryl methyl sites for hydroxylation is 2. The summed E-state index contributed by atoms with van der Waals surface area (Å²) in [6.45, 7) is 8.07. The molecule has 1 amide bonds. The largest absolute Gasteiger partial charge is 0.342 e. The van der Waals surface area contributed by atoms with Crippen LogP contribution in [0.25, 0.3) is 0 Å². The van der Waals surface area contributed by atoms with Gasteiger partial charge in [-0.2, -0.15) is 5.10 Å². The van der Waals surface area contributed by atoms with Crippen LogP contribution in [0, 0.1) is 12.3 Å². The van der Waals surface area contributed by atoms with Crippen LogP contribution in [0.4, 0.5) is 0 Å². The summed E-state index contributed by atoms with van der Waals surface area (Å²) in [5, 5.41) is 4.10. The lowest BCUT2D eigenvalue weighted by molar-refractivity contribution is -0.130. The fraction of sp³-hybridized carbons (Fsp3) is 0.591. The number of hydrogen-bond donors (Lipinski definition) is 0. The molecule has 28 heavy (non-hydrogen) atoms. The van der Waals surface area contributed by atoms with Gasteiger partial charge in [0, 0.05) is 44.6 Å². The van der Waals surface area contributed by atoms with E-state index in [1.54, 1.807) is 11.0 Å². The third kappa shape index (κ3) is 4.61. The minimum absolute atomic E-state index is 0.295. The number of aromatic nitrogens is 3. The second-order valence-corrected chi connectivity index (χ2v) is 8.63. The van der Waals surface area contributed by atoms with Crippen molar-refractivity contribution in [3.8, 4) is 0 Å². The summed E-state index contributed by atoms with van der Waals surface area (Å²) >= 11 is 0. The maximum absolute atomic E-state index is 12.7.